The monoisotopic (exact) mass is 324 g/mol. The van der Waals surface area contributed by atoms with Crippen molar-refractivity contribution >= 4 is 11.8 Å². The van der Waals surface area contributed by atoms with Gasteiger partial charge >= 0.3 is 0 Å². The number of ether oxygens (including phenoxy) is 1. The average Bonchev–Trinajstić information content (AvgIpc) is 2.36. The maximum absolute atomic E-state index is 11.7. The van der Waals surface area contributed by atoms with Crippen LogP contribution in [0.5, 0.6) is 0 Å². The zero-order chi connectivity index (χ0) is 18.3. The van der Waals surface area contributed by atoms with Crippen molar-refractivity contribution in [1.29, 1.82) is 0 Å². The van der Waals surface area contributed by atoms with E-state index in [1.807, 2.05) is 27.7 Å². The first kappa shape index (κ1) is 21.4. The number of amides is 2. The van der Waals surface area contributed by atoms with Gasteiger partial charge in [0.15, 0.2) is 0 Å². The second-order valence-corrected chi connectivity index (χ2v) is 7.26. The van der Waals surface area contributed by atoms with Gasteiger partial charge in [0, 0.05) is 29.8 Å². The molecule has 0 aliphatic rings. The van der Waals surface area contributed by atoms with Crippen molar-refractivity contribution in [3.8, 4) is 0 Å². The molecule has 0 fully saturated rings. The maximum Gasteiger partial charge on any atom is 0.246 e. The fourth-order valence-corrected chi connectivity index (χ4v) is 1.76. The first-order valence-electron chi connectivity index (χ1n) is 7.92. The maximum atomic E-state index is 11.7. The summed E-state index contributed by atoms with van der Waals surface area (Å²) in [5.41, 5.74) is 0.281. The molecule has 0 saturated heterocycles. The molecule has 0 aromatic rings. The van der Waals surface area contributed by atoms with Crippen LogP contribution >= 0.6 is 0 Å². The minimum Gasteiger partial charge on any atom is -0.375 e. The largest absolute Gasteiger partial charge is 0.375 e. The van der Waals surface area contributed by atoms with Crippen LogP contribution in [0.1, 0.15) is 54.4 Å². The zero-order valence-electron chi connectivity index (χ0n) is 15.5. The van der Waals surface area contributed by atoms with Crippen LogP contribution in [0, 0.1) is 0 Å². The predicted octanol–water partition coefficient (Wildman–Crippen LogP) is 2.73. The van der Waals surface area contributed by atoms with E-state index in [2.05, 4.69) is 23.8 Å². The Morgan fingerprint density at radius 2 is 1.48 bits per heavy atom. The Bertz CT molecular complexity index is 465. The SMILES string of the molecule is C=C(C)C(=O)NCCC(C)(C)OCCC(C)(C)NC(=O)C(=C)C. The lowest BCUT2D eigenvalue weighted by Gasteiger charge is -2.30. The van der Waals surface area contributed by atoms with Crippen LogP contribution in [0.2, 0.25) is 0 Å². The lowest BCUT2D eigenvalue weighted by Crippen LogP contribution is -2.45. The molecule has 0 unspecified atom stereocenters. The van der Waals surface area contributed by atoms with E-state index in [0.717, 1.165) is 0 Å². The van der Waals surface area contributed by atoms with Crippen molar-refractivity contribution in [1.82, 2.24) is 10.6 Å². The Kier molecular flexibility index (Phi) is 8.24. The van der Waals surface area contributed by atoms with E-state index < -0.39 is 0 Å². The van der Waals surface area contributed by atoms with E-state index in [0.29, 0.717) is 37.1 Å². The summed E-state index contributed by atoms with van der Waals surface area (Å²) in [6.45, 7) is 19.5. The molecule has 2 amide bonds. The van der Waals surface area contributed by atoms with E-state index >= 15 is 0 Å². The molecule has 0 radical (unpaired) electrons. The molecule has 0 aliphatic carbocycles. The number of carbonyl (C=O) groups excluding carboxylic acids is 2. The molecule has 2 N–H and O–H groups in total. The Hall–Kier alpha value is -1.62. The van der Waals surface area contributed by atoms with Crippen molar-refractivity contribution in [2.75, 3.05) is 13.2 Å². The van der Waals surface area contributed by atoms with Crippen molar-refractivity contribution in [2.45, 2.75) is 65.5 Å². The average molecular weight is 324 g/mol. The van der Waals surface area contributed by atoms with Crippen molar-refractivity contribution in [2.24, 2.45) is 0 Å². The van der Waals surface area contributed by atoms with E-state index in [1.165, 1.54) is 0 Å². The second-order valence-electron chi connectivity index (χ2n) is 7.26. The van der Waals surface area contributed by atoms with Crippen LogP contribution in [0.25, 0.3) is 0 Å². The van der Waals surface area contributed by atoms with E-state index in [1.54, 1.807) is 13.8 Å². The van der Waals surface area contributed by atoms with Gasteiger partial charge < -0.3 is 15.4 Å². The normalized spacial score (nSPS) is 11.7. The first-order chi connectivity index (χ1) is 10.4. The van der Waals surface area contributed by atoms with Gasteiger partial charge in [-0.05, 0) is 54.4 Å². The van der Waals surface area contributed by atoms with Crippen LogP contribution in [0.3, 0.4) is 0 Å². The number of hydrogen-bond acceptors (Lipinski definition) is 3. The molecule has 23 heavy (non-hydrogen) atoms. The predicted molar refractivity (Wildman–Crippen MR) is 94.1 cm³/mol. The highest BCUT2D eigenvalue weighted by Crippen LogP contribution is 2.17. The summed E-state index contributed by atoms with van der Waals surface area (Å²) in [6.07, 6.45) is 1.39. The summed E-state index contributed by atoms with van der Waals surface area (Å²) < 4.78 is 5.90. The summed E-state index contributed by atoms with van der Waals surface area (Å²) >= 11 is 0. The van der Waals surface area contributed by atoms with Crippen molar-refractivity contribution < 1.29 is 14.3 Å². The highest BCUT2D eigenvalue weighted by atomic mass is 16.5. The standard InChI is InChI=1S/C18H32N2O3/c1-13(2)15(21)19-11-9-18(7,8)23-12-10-17(5,6)20-16(22)14(3)4/h1,3,9-12H2,2,4-8H3,(H,19,21)(H,20,22). The lowest BCUT2D eigenvalue weighted by atomic mass is 10.00. The van der Waals surface area contributed by atoms with Gasteiger partial charge in [0.25, 0.3) is 0 Å². The molecule has 5 heteroatoms. The first-order valence-corrected chi connectivity index (χ1v) is 7.92. The quantitative estimate of drug-likeness (QED) is 0.607. The van der Waals surface area contributed by atoms with Gasteiger partial charge in [0.1, 0.15) is 0 Å². The fraction of sp³-hybridized carbons (Fsp3) is 0.667. The third-order valence-electron chi connectivity index (χ3n) is 3.46. The van der Waals surface area contributed by atoms with Gasteiger partial charge in [-0.15, -0.1) is 0 Å². The Labute approximate surface area is 140 Å². The molecule has 0 aromatic carbocycles. The van der Waals surface area contributed by atoms with Gasteiger partial charge in [-0.25, -0.2) is 0 Å². The summed E-state index contributed by atoms with van der Waals surface area (Å²) in [7, 11) is 0. The summed E-state index contributed by atoms with van der Waals surface area (Å²) in [4.78, 5) is 23.1. The van der Waals surface area contributed by atoms with E-state index in [9.17, 15) is 9.59 Å². The zero-order valence-corrected chi connectivity index (χ0v) is 15.5. The third kappa shape index (κ3) is 9.89. The van der Waals surface area contributed by atoms with Gasteiger partial charge in [0.2, 0.25) is 11.8 Å². The summed E-state index contributed by atoms with van der Waals surface area (Å²) in [5, 5.41) is 5.73. The van der Waals surface area contributed by atoms with Crippen LogP contribution in [0.4, 0.5) is 0 Å². The minimum atomic E-state index is -0.361. The van der Waals surface area contributed by atoms with Gasteiger partial charge in [0.05, 0.1) is 5.60 Å². The molecular formula is C18H32N2O3. The van der Waals surface area contributed by atoms with Crippen LogP contribution in [-0.2, 0) is 14.3 Å². The summed E-state index contributed by atoms with van der Waals surface area (Å²) in [6, 6.07) is 0. The molecular weight excluding hydrogens is 292 g/mol. The smallest absolute Gasteiger partial charge is 0.246 e. The molecule has 0 bridgehead atoms. The molecule has 0 rings (SSSR count). The van der Waals surface area contributed by atoms with Crippen molar-refractivity contribution in [3.05, 3.63) is 24.3 Å². The highest BCUT2D eigenvalue weighted by Gasteiger charge is 2.23. The van der Waals surface area contributed by atoms with Gasteiger partial charge in [-0.1, -0.05) is 13.2 Å². The third-order valence-corrected chi connectivity index (χ3v) is 3.46. The number of rotatable bonds is 10. The van der Waals surface area contributed by atoms with Crippen molar-refractivity contribution in [3.63, 3.8) is 0 Å². The molecule has 0 aromatic heterocycles. The summed E-state index contributed by atoms with van der Waals surface area (Å²) in [5.74, 6) is -0.277. The molecule has 0 spiro atoms. The number of nitrogens with one attached hydrogen (secondary N) is 2. The van der Waals surface area contributed by atoms with Crippen LogP contribution in [0.15, 0.2) is 24.3 Å². The highest BCUT2D eigenvalue weighted by molar-refractivity contribution is 5.92. The van der Waals surface area contributed by atoms with Gasteiger partial charge in [-0.2, -0.15) is 0 Å². The fourth-order valence-electron chi connectivity index (χ4n) is 1.76. The second kappa shape index (κ2) is 8.87. The van der Waals surface area contributed by atoms with Gasteiger partial charge in [-0.3, -0.25) is 9.59 Å². The van der Waals surface area contributed by atoms with E-state index in [-0.39, 0.29) is 23.0 Å². The Balaban J connectivity index is 4.18. The molecule has 132 valence electrons. The molecule has 0 saturated carbocycles. The molecule has 5 nitrogen and oxygen atoms in total. The molecule has 0 atom stereocenters. The van der Waals surface area contributed by atoms with Crippen LogP contribution < -0.4 is 10.6 Å². The number of carbonyl (C=O) groups is 2. The molecule has 0 aliphatic heterocycles. The lowest BCUT2D eigenvalue weighted by molar-refractivity contribution is -0.119. The van der Waals surface area contributed by atoms with Crippen LogP contribution in [-0.4, -0.2) is 36.1 Å². The number of hydrogen-bond donors (Lipinski definition) is 2. The Morgan fingerprint density at radius 3 is 1.96 bits per heavy atom. The minimum absolute atomic E-state index is 0.135. The topological polar surface area (TPSA) is 67.4 Å². The molecule has 0 heterocycles. The Morgan fingerprint density at radius 1 is 0.957 bits per heavy atom. The van der Waals surface area contributed by atoms with E-state index in [4.69, 9.17) is 4.74 Å².